The molecule has 1 atom stereocenters. The lowest BCUT2D eigenvalue weighted by Gasteiger charge is -2.34. The van der Waals surface area contributed by atoms with Crippen molar-refractivity contribution in [2.75, 3.05) is 20.1 Å². The molecule has 1 fully saturated rings. The van der Waals surface area contributed by atoms with E-state index in [0.29, 0.717) is 6.54 Å². The van der Waals surface area contributed by atoms with Crippen molar-refractivity contribution in [1.82, 2.24) is 20.3 Å². The number of likely N-dealkylation sites (tertiary alicyclic amines) is 1. The maximum absolute atomic E-state index is 12.6. The van der Waals surface area contributed by atoms with Crippen LogP contribution < -0.4 is 5.32 Å². The highest BCUT2D eigenvalue weighted by molar-refractivity contribution is 5.74. The van der Waals surface area contributed by atoms with Gasteiger partial charge in [-0.1, -0.05) is 35.5 Å². The summed E-state index contributed by atoms with van der Waals surface area (Å²) in [6.07, 6.45) is 2.13. The lowest BCUT2D eigenvalue weighted by molar-refractivity contribution is 0.167. The third-order valence-electron chi connectivity index (χ3n) is 5.01. The molecule has 0 aliphatic carbocycles. The first-order valence-electron chi connectivity index (χ1n) is 9.22. The van der Waals surface area contributed by atoms with Crippen molar-refractivity contribution in [3.05, 3.63) is 52.9 Å². The number of aromatic nitrogens is 1. The zero-order valence-electron chi connectivity index (χ0n) is 15.9. The van der Waals surface area contributed by atoms with E-state index in [2.05, 4.69) is 39.6 Å². The molecule has 1 aliphatic rings. The van der Waals surface area contributed by atoms with Gasteiger partial charge in [0.1, 0.15) is 5.76 Å². The van der Waals surface area contributed by atoms with Crippen LogP contribution >= 0.6 is 0 Å². The number of hydrogen-bond donors (Lipinski definition) is 1. The van der Waals surface area contributed by atoms with Crippen LogP contribution in [-0.2, 0) is 13.1 Å². The van der Waals surface area contributed by atoms with Crippen LogP contribution in [0.2, 0.25) is 0 Å². The van der Waals surface area contributed by atoms with E-state index in [1.54, 1.807) is 4.90 Å². The molecule has 1 aromatic heterocycles. The van der Waals surface area contributed by atoms with E-state index in [-0.39, 0.29) is 12.1 Å². The largest absolute Gasteiger partial charge is 0.361 e. The number of urea groups is 1. The number of hydrogen-bond acceptors (Lipinski definition) is 4. The molecule has 0 radical (unpaired) electrons. The molecule has 1 aromatic carbocycles. The molecule has 1 N–H and O–H groups in total. The Morgan fingerprint density at radius 1 is 1.35 bits per heavy atom. The van der Waals surface area contributed by atoms with Crippen LogP contribution in [0, 0.1) is 13.8 Å². The van der Waals surface area contributed by atoms with Crippen molar-refractivity contribution >= 4 is 6.03 Å². The molecule has 6 nitrogen and oxygen atoms in total. The minimum Gasteiger partial charge on any atom is -0.361 e. The number of aryl methyl sites for hydroxylation is 2. The van der Waals surface area contributed by atoms with E-state index >= 15 is 0 Å². The summed E-state index contributed by atoms with van der Waals surface area (Å²) in [7, 11) is 1.81. The maximum Gasteiger partial charge on any atom is 0.317 e. The Bertz CT molecular complexity index is 709. The number of carbonyl (C=O) groups excluding carboxylic acids is 1. The van der Waals surface area contributed by atoms with Crippen molar-refractivity contribution in [3.8, 4) is 0 Å². The molecule has 1 unspecified atom stereocenters. The summed E-state index contributed by atoms with van der Waals surface area (Å²) in [5, 5.41) is 7.13. The molecular weight excluding hydrogens is 328 g/mol. The first-order valence-corrected chi connectivity index (χ1v) is 9.22. The van der Waals surface area contributed by atoms with Gasteiger partial charge in [-0.15, -0.1) is 0 Å². The van der Waals surface area contributed by atoms with Gasteiger partial charge in [-0.3, -0.25) is 4.90 Å². The third kappa shape index (κ3) is 4.64. The second-order valence-electron chi connectivity index (χ2n) is 7.17. The Labute approximate surface area is 155 Å². The van der Waals surface area contributed by atoms with E-state index in [9.17, 15) is 4.79 Å². The van der Waals surface area contributed by atoms with Crippen molar-refractivity contribution < 1.29 is 9.32 Å². The smallest absolute Gasteiger partial charge is 0.317 e. The van der Waals surface area contributed by atoms with E-state index in [4.69, 9.17) is 4.52 Å². The number of rotatable bonds is 5. The summed E-state index contributed by atoms with van der Waals surface area (Å²) in [5.74, 6) is 0.772. The van der Waals surface area contributed by atoms with E-state index in [1.165, 1.54) is 5.56 Å². The van der Waals surface area contributed by atoms with Crippen LogP contribution in [0.4, 0.5) is 4.79 Å². The highest BCUT2D eigenvalue weighted by Crippen LogP contribution is 2.16. The fourth-order valence-electron chi connectivity index (χ4n) is 3.48. The fraction of sp³-hybridized carbons (Fsp3) is 0.500. The van der Waals surface area contributed by atoms with E-state index in [1.807, 2.05) is 27.0 Å². The topological polar surface area (TPSA) is 61.6 Å². The molecule has 6 heteroatoms. The number of carbonyl (C=O) groups is 1. The Morgan fingerprint density at radius 2 is 2.12 bits per heavy atom. The van der Waals surface area contributed by atoms with Gasteiger partial charge in [0.15, 0.2) is 0 Å². The molecule has 2 amide bonds. The Balaban J connectivity index is 1.52. The summed E-state index contributed by atoms with van der Waals surface area (Å²) in [6, 6.07) is 10.6. The summed E-state index contributed by atoms with van der Waals surface area (Å²) >= 11 is 0. The summed E-state index contributed by atoms with van der Waals surface area (Å²) in [6.45, 7) is 7.19. The van der Waals surface area contributed by atoms with Gasteiger partial charge in [-0.25, -0.2) is 4.79 Å². The summed E-state index contributed by atoms with van der Waals surface area (Å²) in [4.78, 5) is 16.7. The summed E-state index contributed by atoms with van der Waals surface area (Å²) < 4.78 is 5.18. The van der Waals surface area contributed by atoms with Crippen LogP contribution in [0.5, 0.6) is 0 Å². The highest BCUT2D eigenvalue weighted by Gasteiger charge is 2.23. The van der Waals surface area contributed by atoms with Gasteiger partial charge in [0.2, 0.25) is 0 Å². The first-order chi connectivity index (χ1) is 12.5. The minimum atomic E-state index is -0.0449. The van der Waals surface area contributed by atoms with Gasteiger partial charge >= 0.3 is 6.03 Å². The average molecular weight is 356 g/mol. The molecule has 2 heterocycles. The van der Waals surface area contributed by atoms with Gasteiger partial charge in [-0.2, -0.15) is 0 Å². The zero-order valence-corrected chi connectivity index (χ0v) is 15.9. The van der Waals surface area contributed by atoms with Crippen molar-refractivity contribution in [1.29, 1.82) is 0 Å². The Morgan fingerprint density at radius 3 is 2.81 bits per heavy atom. The normalized spacial score (nSPS) is 17.9. The molecule has 0 saturated carbocycles. The molecule has 26 heavy (non-hydrogen) atoms. The molecule has 3 rings (SSSR count). The lowest BCUT2D eigenvalue weighted by atomic mass is 10.0. The lowest BCUT2D eigenvalue weighted by Crippen LogP contribution is -2.50. The van der Waals surface area contributed by atoms with Gasteiger partial charge in [0.05, 0.1) is 12.2 Å². The second-order valence-corrected chi connectivity index (χ2v) is 7.17. The second kappa shape index (κ2) is 8.36. The highest BCUT2D eigenvalue weighted by atomic mass is 16.5. The minimum absolute atomic E-state index is 0.0449. The Hall–Kier alpha value is -2.34. The van der Waals surface area contributed by atoms with Crippen LogP contribution in [-0.4, -0.2) is 47.2 Å². The molecule has 1 aliphatic heterocycles. The number of nitrogens with one attached hydrogen (secondary N) is 1. The predicted molar refractivity (Wildman–Crippen MR) is 101 cm³/mol. The van der Waals surface area contributed by atoms with Gasteiger partial charge in [-0.05, 0) is 38.8 Å². The van der Waals surface area contributed by atoms with Crippen molar-refractivity contribution in [2.45, 2.75) is 45.8 Å². The quantitative estimate of drug-likeness (QED) is 0.894. The van der Waals surface area contributed by atoms with Gasteiger partial charge < -0.3 is 14.7 Å². The van der Waals surface area contributed by atoms with E-state index < -0.39 is 0 Å². The summed E-state index contributed by atoms with van der Waals surface area (Å²) in [5.41, 5.74) is 3.14. The Kier molecular flexibility index (Phi) is 5.93. The van der Waals surface area contributed by atoms with Crippen LogP contribution in [0.3, 0.4) is 0 Å². The number of nitrogens with zero attached hydrogens (tertiary/aromatic N) is 3. The number of amides is 2. The number of piperidine rings is 1. The molecule has 140 valence electrons. The van der Waals surface area contributed by atoms with Crippen molar-refractivity contribution in [3.63, 3.8) is 0 Å². The first kappa shape index (κ1) is 18.5. The van der Waals surface area contributed by atoms with Crippen LogP contribution in [0.15, 0.2) is 34.9 Å². The SMILES string of the molecule is Cc1noc(C)c1CN(C)C(=O)NC1CCCN(Cc2ccccc2)C1. The molecule has 1 saturated heterocycles. The van der Waals surface area contributed by atoms with Crippen LogP contribution in [0.1, 0.15) is 35.4 Å². The van der Waals surface area contributed by atoms with Gasteiger partial charge in [0, 0.05) is 31.7 Å². The molecule has 0 bridgehead atoms. The zero-order chi connectivity index (χ0) is 18.5. The fourth-order valence-corrected chi connectivity index (χ4v) is 3.48. The standard InChI is InChI=1S/C20H28N4O2/c1-15-19(16(2)26-22-15)14-23(3)20(25)21-18-10-7-11-24(13-18)12-17-8-5-4-6-9-17/h4-6,8-9,18H,7,10-14H2,1-3H3,(H,21,25). The van der Waals surface area contributed by atoms with Crippen molar-refractivity contribution in [2.24, 2.45) is 0 Å². The number of benzene rings is 1. The molecular formula is C20H28N4O2. The average Bonchev–Trinajstić information content (AvgIpc) is 2.95. The van der Waals surface area contributed by atoms with Crippen LogP contribution in [0.25, 0.3) is 0 Å². The van der Waals surface area contributed by atoms with Gasteiger partial charge in [0.25, 0.3) is 0 Å². The molecule has 0 spiro atoms. The van der Waals surface area contributed by atoms with E-state index in [0.717, 1.165) is 49.5 Å². The predicted octanol–water partition coefficient (Wildman–Crippen LogP) is 3.10. The maximum atomic E-state index is 12.6. The third-order valence-corrected chi connectivity index (χ3v) is 5.01. The molecule has 2 aromatic rings. The monoisotopic (exact) mass is 356 g/mol.